The number of fused-ring (bicyclic) bond motifs is 2. The molecule has 3 aliphatic rings. The largest absolute Gasteiger partial charge is 0.478 e. The lowest BCUT2D eigenvalue weighted by atomic mass is 9.99. The number of para-hydroxylation sites is 1. The highest BCUT2D eigenvalue weighted by atomic mass is 35.5. The fourth-order valence-electron chi connectivity index (χ4n) is 5.79. The minimum Gasteiger partial charge on any atom is -0.478 e. The summed E-state index contributed by atoms with van der Waals surface area (Å²) in [6.45, 7) is 3.39. The molecule has 0 radical (unpaired) electrons. The van der Waals surface area contributed by atoms with Gasteiger partial charge in [0, 0.05) is 30.5 Å². The van der Waals surface area contributed by atoms with Crippen LogP contribution in [0, 0.1) is 5.82 Å². The van der Waals surface area contributed by atoms with Gasteiger partial charge in [0.1, 0.15) is 11.6 Å². The van der Waals surface area contributed by atoms with Crippen molar-refractivity contribution in [1.29, 1.82) is 0 Å². The van der Waals surface area contributed by atoms with Crippen LogP contribution in [0.3, 0.4) is 0 Å². The van der Waals surface area contributed by atoms with Gasteiger partial charge in [-0.3, -0.25) is 0 Å². The van der Waals surface area contributed by atoms with E-state index >= 15 is 0 Å². The lowest BCUT2D eigenvalue weighted by molar-refractivity contribution is -0.0708. The first-order valence-electron chi connectivity index (χ1n) is 13.9. The third-order valence-electron chi connectivity index (χ3n) is 8.11. The van der Waals surface area contributed by atoms with Crippen molar-refractivity contribution >= 4 is 34.2 Å². The fourth-order valence-corrected chi connectivity index (χ4v) is 5.95. The molecule has 4 heterocycles. The van der Waals surface area contributed by atoms with Crippen LogP contribution in [0.1, 0.15) is 47.1 Å². The Morgan fingerprint density at radius 1 is 1.14 bits per heavy atom. The Hall–Kier alpha value is -3.92. The standard InChI is InChI=1S/C32H28ClFN2O6/c1-32(24-9-7-20(33)14-25(24)34)41-28-4-2-3-23(30(28)42-32)19-5-8-21(40-17-19)15-29-35-26-10-6-18(31(37)38)13-27(26)36(29)16-22-11-12-39-22/h2-7,9-10,13-14,21-22H,8,11-12,15-17H2,1H3,(H,37,38)/t21?,22-,32?/m0/s1. The van der Waals surface area contributed by atoms with Gasteiger partial charge in [-0.15, -0.1) is 0 Å². The molecule has 0 saturated carbocycles. The van der Waals surface area contributed by atoms with Gasteiger partial charge in [-0.25, -0.2) is 14.2 Å². The summed E-state index contributed by atoms with van der Waals surface area (Å²) in [5.74, 6) is -0.909. The molecule has 1 saturated heterocycles. The van der Waals surface area contributed by atoms with Crippen molar-refractivity contribution in [2.45, 2.75) is 50.7 Å². The quantitative estimate of drug-likeness (QED) is 0.267. The van der Waals surface area contributed by atoms with E-state index in [2.05, 4.69) is 10.6 Å². The maximum absolute atomic E-state index is 14.8. The molecular formula is C32H28ClFN2O6. The van der Waals surface area contributed by atoms with E-state index in [0.717, 1.165) is 41.0 Å². The Labute approximate surface area is 246 Å². The molecule has 2 unspecified atom stereocenters. The van der Waals surface area contributed by atoms with E-state index in [1.54, 1.807) is 43.3 Å². The number of hydrogen-bond donors (Lipinski definition) is 1. The molecule has 1 aromatic heterocycles. The molecular weight excluding hydrogens is 563 g/mol. The van der Waals surface area contributed by atoms with Crippen LogP contribution >= 0.6 is 11.6 Å². The Bertz CT molecular complexity index is 1750. The van der Waals surface area contributed by atoms with Crippen molar-refractivity contribution < 1.29 is 33.2 Å². The molecule has 1 fully saturated rings. The van der Waals surface area contributed by atoms with Crippen LogP contribution in [0.15, 0.2) is 60.7 Å². The number of carboxylic acid groups (broad SMARTS) is 1. The Morgan fingerprint density at radius 2 is 2.00 bits per heavy atom. The Morgan fingerprint density at radius 3 is 2.71 bits per heavy atom. The second kappa shape index (κ2) is 10.4. The van der Waals surface area contributed by atoms with Crippen molar-refractivity contribution in [3.05, 3.63) is 94.0 Å². The predicted molar refractivity (Wildman–Crippen MR) is 154 cm³/mol. The molecule has 0 spiro atoms. The van der Waals surface area contributed by atoms with Crippen LogP contribution in [-0.4, -0.2) is 46.0 Å². The van der Waals surface area contributed by atoms with Crippen LogP contribution < -0.4 is 9.47 Å². The SMILES string of the molecule is CC1(c2ccc(Cl)cc2F)Oc2cccc(C3=CCC(Cc4nc5ccc(C(=O)O)cc5n4C[C@@H]4CCO4)OC3)c2O1. The number of benzene rings is 3. The van der Waals surface area contributed by atoms with Crippen LogP contribution in [0.5, 0.6) is 11.5 Å². The number of aromatic carboxylic acids is 1. The molecule has 42 heavy (non-hydrogen) atoms. The first-order valence-corrected chi connectivity index (χ1v) is 14.3. The van der Waals surface area contributed by atoms with Crippen molar-refractivity contribution in [2.24, 2.45) is 0 Å². The highest BCUT2D eigenvalue weighted by Gasteiger charge is 2.42. The van der Waals surface area contributed by atoms with Crippen LogP contribution in [0.25, 0.3) is 16.6 Å². The van der Waals surface area contributed by atoms with E-state index in [-0.39, 0.29) is 23.3 Å². The minimum atomic E-state index is -1.34. The fraction of sp³-hybridized carbons (Fsp3) is 0.312. The number of imidazole rings is 1. The van der Waals surface area contributed by atoms with Crippen molar-refractivity contribution in [3.8, 4) is 11.5 Å². The number of nitrogens with zero attached hydrogens (tertiary/aromatic N) is 2. The second-order valence-electron chi connectivity index (χ2n) is 10.9. The van der Waals surface area contributed by atoms with E-state index in [4.69, 9.17) is 35.5 Å². The molecule has 1 N–H and O–H groups in total. The molecule has 10 heteroatoms. The molecule has 3 aromatic carbocycles. The van der Waals surface area contributed by atoms with Gasteiger partial charge in [-0.05, 0) is 60.9 Å². The maximum atomic E-state index is 14.8. The van der Waals surface area contributed by atoms with E-state index in [1.165, 1.54) is 6.07 Å². The van der Waals surface area contributed by atoms with E-state index < -0.39 is 17.6 Å². The maximum Gasteiger partial charge on any atom is 0.335 e. The van der Waals surface area contributed by atoms with E-state index in [1.807, 2.05) is 12.1 Å². The molecule has 7 rings (SSSR count). The second-order valence-corrected chi connectivity index (χ2v) is 11.4. The van der Waals surface area contributed by atoms with E-state index in [9.17, 15) is 14.3 Å². The van der Waals surface area contributed by atoms with Gasteiger partial charge in [-0.1, -0.05) is 29.8 Å². The van der Waals surface area contributed by atoms with Gasteiger partial charge < -0.3 is 28.6 Å². The molecule has 0 amide bonds. The number of rotatable bonds is 7. The van der Waals surface area contributed by atoms with Gasteiger partial charge in [0.2, 0.25) is 0 Å². The number of aromatic nitrogens is 2. The normalized spacial score (nSPS) is 23.1. The van der Waals surface area contributed by atoms with Gasteiger partial charge in [0.25, 0.3) is 5.79 Å². The first-order chi connectivity index (χ1) is 20.3. The van der Waals surface area contributed by atoms with Gasteiger partial charge in [-0.2, -0.15) is 0 Å². The average molecular weight is 591 g/mol. The van der Waals surface area contributed by atoms with E-state index in [0.29, 0.717) is 42.5 Å². The monoisotopic (exact) mass is 590 g/mol. The smallest absolute Gasteiger partial charge is 0.335 e. The van der Waals surface area contributed by atoms with Crippen molar-refractivity contribution in [2.75, 3.05) is 13.2 Å². The first kappa shape index (κ1) is 26.9. The summed E-state index contributed by atoms with van der Waals surface area (Å²) in [6, 6.07) is 15.1. The summed E-state index contributed by atoms with van der Waals surface area (Å²) in [7, 11) is 0. The third-order valence-corrected chi connectivity index (χ3v) is 8.35. The number of hydrogen-bond acceptors (Lipinski definition) is 6. The Kier molecular flexibility index (Phi) is 6.68. The zero-order valence-corrected chi connectivity index (χ0v) is 23.6. The summed E-state index contributed by atoms with van der Waals surface area (Å²) in [5, 5.41) is 9.81. The third kappa shape index (κ3) is 4.81. The number of ether oxygens (including phenoxy) is 4. The van der Waals surface area contributed by atoms with Crippen LogP contribution in [0.4, 0.5) is 4.39 Å². The summed E-state index contributed by atoms with van der Waals surface area (Å²) in [6.07, 6.45) is 4.27. The van der Waals surface area contributed by atoms with Gasteiger partial charge in [0.05, 0.1) is 47.5 Å². The number of halogens is 2. The zero-order chi connectivity index (χ0) is 29.0. The molecule has 0 aliphatic carbocycles. The average Bonchev–Trinajstić information content (AvgIpc) is 3.47. The molecule has 3 atom stereocenters. The number of carboxylic acids is 1. The zero-order valence-electron chi connectivity index (χ0n) is 22.8. The van der Waals surface area contributed by atoms with Gasteiger partial charge >= 0.3 is 5.97 Å². The topological polar surface area (TPSA) is 92.0 Å². The Balaban J connectivity index is 1.12. The molecule has 0 bridgehead atoms. The summed E-state index contributed by atoms with van der Waals surface area (Å²) < 4.78 is 41.2. The summed E-state index contributed by atoms with van der Waals surface area (Å²) in [4.78, 5) is 16.4. The highest BCUT2D eigenvalue weighted by Crippen LogP contribution is 2.48. The molecule has 8 nitrogen and oxygen atoms in total. The predicted octanol–water partition coefficient (Wildman–Crippen LogP) is 6.38. The van der Waals surface area contributed by atoms with Crippen LogP contribution in [0.2, 0.25) is 5.02 Å². The summed E-state index contributed by atoms with van der Waals surface area (Å²) >= 11 is 5.95. The van der Waals surface area contributed by atoms with Gasteiger partial charge in [0.15, 0.2) is 11.5 Å². The van der Waals surface area contributed by atoms with Crippen molar-refractivity contribution in [1.82, 2.24) is 9.55 Å². The molecule has 3 aliphatic heterocycles. The highest BCUT2D eigenvalue weighted by molar-refractivity contribution is 6.30. The lowest BCUT2D eigenvalue weighted by Gasteiger charge is -2.28. The molecule has 4 aromatic rings. The van der Waals surface area contributed by atoms with Crippen molar-refractivity contribution in [3.63, 3.8) is 0 Å². The molecule has 216 valence electrons. The lowest BCUT2D eigenvalue weighted by Crippen LogP contribution is -2.32. The van der Waals surface area contributed by atoms with Crippen LogP contribution in [-0.2, 0) is 28.2 Å². The summed E-state index contributed by atoms with van der Waals surface area (Å²) in [5.41, 5.74) is 3.80. The number of carbonyl (C=O) groups is 1. The minimum absolute atomic E-state index is 0.0860.